The fourth-order valence-corrected chi connectivity index (χ4v) is 4.29. The van der Waals surface area contributed by atoms with Crippen LogP contribution in [0.15, 0.2) is 77.7 Å². The van der Waals surface area contributed by atoms with Crippen LogP contribution >= 0.6 is 23.4 Å². The molecule has 176 valence electrons. The monoisotopic (exact) mass is 508 g/mol. The molecular formula is C25H17ClN2O6S. The normalized spacial score (nSPS) is 14.4. The van der Waals surface area contributed by atoms with Crippen molar-refractivity contribution in [3.63, 3.8) is 0 Å². The first-order valence-corrected chi connectivity index (χ1v) is 11.5. The van der Waals surface area contributed by atoms with E-state index in [0.29, 0.717) is 16.3 Å². The van der Waals surface area contributed by atoms with E-state index in [9.17, 15) is 24.5 Å². The molecule has 0 spiro atoms. The zero-order valence-corrected chi connectivity index (χ0v) is 19.6. The lowest BCUT2D eigenvalue weighted by Crippen LogP contribution is -2.33. The lowest BCUT2D eigenvalue weighted by Gasteiger charge is -2.11. The van der Waals surface area contributed by atoms with Gasteiger partial charge in [0, 0.05) is 28.3 Å². The molecule has 0 aromatic heterocycles. The molecule has 0 saturated carbocycles. The highest BCUT2D eigenvalue weighted by Gasteiger charge is 2.36. The third kappa shape index (κ3) is 5.76. The second-order valence-corrected chi connectivity index (χ2v) is 8.85. The first kappa shape index (κ1) is 24.2. The van der Waals surface area contributed by atoms with Gasteiger partial charge in [0.1, 0.15) is 12.4 Å². The molecule has 3 aromatic rings. The predicted molar refractivity (Wildman–Crippen MR) is 132 cm³/mol. The van der Waals surface area contributed by atoms with Gasteiger partial charge >= 0.3 is 0 Å². The third-order valence-corrected chi connectivity index (χ3v) is 6.36. The molecule has 0 aliphatic carbocycles. The maximum absolute atomic E-state index is 12.8. The van der Waals surface area contributed by atoms with E-state index in [4.69, 9.17) is 16.3 Å². The quantitative estimate of drug-likeness (QED) is 0.165. The second kappa shape index (κ2) is 10.5. The number of imide groups is 1. The summed E-state index contributed by atoms with van der Waals surface area (Å²) in [5.74, 6) is -0.526. The molecule has 35 heavy (non-hydrogen) atoms. The minimum atomic E-state index is -0.586. The van der Waals surface area contributed by atoms with Crippen LogP contribution in [0.2, 0.25) is 5.02 Å². The van der Waals surface area contributed by atoms with Gasteiger partial charge in [0.15, 0.2) is 5.78 Å². The summed E-state index contributed by atoms with van der Waals surface area (Å²) in [4.78, 5) is 48.9. The lowest BCUT2D eigenvalue weighted by atomic mass is 10.1. The van der Waals surface area contributed by atoms with Gasteiger partial charge in [0.25, 0.3) is 16.8 Å². The topological polar surface area (TPSA) is 107 Å². The number of benzene rings is 3. The zero-order valence-electron chi connectivity index (χ0n) is 18.0. The summed E-state index contributed by atoms with van der Waals surface area (Å²) < 4.78 is 5.80. The maximum Gasteiger partial charge on any atom is 0.293 e. The summed E-state index contributed by atoms with van der Waals surface area (Å²) in [6.07, 6.45) is 1.56. The van der Waals surface area contributed by atoms with Crippen molar-refractivity contribution in [3.8, 4) is 5.75 Å². The molecule has 10 heteroatoms. The van der Waals surface area contributed by atoms with Gasteiger partial charge in [-0.1, -0.05) is 41.9 Å². The molecule has 1 heterocycles. The van der Waals surface area contributed by atoms with Crippen molar-refractivity contribution < 1.29 is 24.0 Å². The third-order valence-electron chi connectivity index (χ3n) is 5.08. The Hall–Kier alpha value is -3.95. The van der Waals surface area contributed by atoms with Crippen molar-refractivity contribution in [2.45, 2.75) is 6.61 Å². The fraction of sp³-hybridized carbons (Fsp3) is 0.0800. The maximum atomic E-state index is 12.8. The van der Waals surface area contributed by atoms with Crippen molar-refractivity contribution in [1.82, 2.24) is 4.90 Å². The number of hydrogen-bond acceptors (Lipinski definition) is 7. The Bertz CT molecular complexity index is 1360. The van der Waals surface area contributed by atoms with Crippen LogP contribution in [0.5, 0.6) is 5.75 Å². The molecule has 1 saturated heterocycles. The largest absolute Gasteiger partial charge is 0.489 e. The van der Waals surface area contributed by atoms with Crippen LogP contribution in [0.1, 0.15) is 21.5 Å². The predicted octanol–water partition coefficient (Wildman–Crippen LogP) is 5.75. The molecule has 1 fully saturated rings. The highest BCUT2D eigenvalue weighted by molar-refractivity contribution is 8.18. The number of nitro groups is 1. The van der Waals surface area contributed by atoms with Crippen LogP contribution < -0.4 is 4.74 Å². The number of nitrogens with zero attached hydrogens (tertiary/aromatic N) is 2. The van der Waals surface area contributed by atoms with Crippen LogP contribution in [0, 0.1) is 10.1 Å². The van der Waals surface area contributed by atoms with E-state index in [0.717, 1.165) is 22.2 Å². The molecule has 0 radical (unpaired) electrons. The van der Waals surface area contributed by atoms with Crippen LogP contribution in [0.3, 0.4) is 0 Å². The summed E-state index contributed by atoms with van der Waals surface area (Å²) in [7, 11) is 0. The van der Waals surface area contributed by atoms with Gasteiger partial charge in [-0.3, -0.25) is 29.4 Å². The Morgan fingerprint density at radius 1 is 1.06 bits per heavy atom. The summed E-state index contributed by atoms with van der Waals surface area (Å²) in [5, 5.41) is 10.8. The van der Waals surface area contributed by atoms with E-state index in [1.807, 2.05) is 18.2 Å². The van der Waals surface area contributed by atoms with Crippen molar-refractivity contribution in [2.75, 3.05) is 6.54 Å². The van der Waals surface area contributed by atoms with Gasteiger partial charge in [0.05, 0.1) is 16.4 Å². The van der Waals surface area contributed by atoms with Gasteiger partial charge in [-0.05, 0) is 53.7 Å². The lowest BCUT2D eigenvalue weighted by molar-refractivity contribution is -0.384. The zero-order chi connectivity index (χ0) is 24.9. The number of nitro benzene ring substituents is 1. The second-order valence-electron chi connectivity index (χ2n) is 7.45. The standard InChI is InChI=1S/C25H17ClN2O6S/c26-21-7-2-1-5-18(21)15-34-20-6-3-4-16(12-20)13-23-24(30)27(25(31)35-23)14-22(29)17-8-10-19(11-9-17)28(32)33/h1-13H,14-15H2/b23-13+. The molecule has 0 bridgehead atoms. The molecule has 1 aliphatic heterocycles. The summed E-state index contributed by atoms with van der Waals surface area (Å²) >= 11 is 6.89. The van der Waals surface area contributed by atoms with Gasteiger partial charge in [0.2, 0.25) is 0 Å². The minimum absolute atomic E-state index is 0.159. The minimum Gasteiger partial charge on any atom is -0.489 e. The Kier molecular flexibility index (Phi) is 7.28. The van der Waals surface area contributed by atoms with E-state index < -0.39 is 28.4 Å². The number of amides is 2. The van der Waals surface area contributed by atoms with Crippen LogP contribution in [-0.4, -0.2) is 33.3 Å². The number of carbonyl (C=O) groups is 3. The number of Topliss-reactive ketones (excluding diaryl/α,β-unsaturated/α-hetero) is 1. The van der Waals surface area contributed by atoms with Gasteiger partial charge in [-0.2, -0.15) is 0 Å². The number of rotatable bonds is 8. The molecule has 4 rings (SSSR count). The summed E-state index contributed by atoms with van der Waals surface area (Å²) in [6, 6.07) is 19.3. The van der Waals surface area contributed by atoms with Gasteiger partial charge in [-0.15, -0.1) is 0 Å². The molecule has 0 unspecified atom stereocenters. The van der Waals surface area contributed by atoms with Crippen LogP contribution in [0.4, 0.5) is 10.5 Å². The smallest absolute Gasteiger partial charge is 0.293 e. The number of hydrogen-bond donors (Lipinski definition) is 0. The highest BCUT2D eigenvalue weighted by Crippen LogP contribution is 2.33. The molecular weight excluding hydrogens is 492 g/mol. The molecule has 0 N–H and O–H groups in total. The van der Waals surface area contributed by atoms with Gasteiger partial charge < -0.3 is 4.74 Å². The number of halogens is 1. The first-order chi connectivity index (χ1) is 16.8. The number of ether oxygens (including phenoxy) is 1. The Morgan fingerprint density at radius 3 is 2.51 bits per heavy atom. The van der Waals surface area contributed by atoms with E-state index in [-0.39, 0.29) is 22.8 Å². The van der Waals surface area contributed by atoms with Crippen molar-refractivity contribution in [2.24, 2.45) is 0 Å². The fourth-order valence-electron chi connectivity index (χ4n) is 3.26. The number of non-ortho nitro benzene ring substituents is 1. The van der Waals surface area contributed by atoms with Crippen LogP contribution in [-0.2, 0) is 11.4 Å². The van der Waals surface area contributed by atoms with Crippen molar-refractivity contribution in [1.29, 1.82) is 0 Å². The van der Waals surface area contributed by atoms with E-state index in [2.05, 4.69) is 0 Å². The Balaban J connectivity index is 1.43. The van der Waals surface area contributed by atoms with E-state index >= 15 is 0 Å². The average Bonchev–Trinajstić information content (AvgIpc) is 3.11. The summed E-state index contributed by atoms with van der Waals surface area (Å²) in [6.45, 7) is -0.189. The van der Waals surface area contributed by atoms with E-state index in [1.165, 1.54) is 24.3 Å². The summed E-state index contributed by atoms with van der Waals surface area (Å²) in [5.41, 5.74) is 1.49. The number of thioether (sulfide) groups is 1. The highest BCUT2D eigenvalue weighted by atomic mass is 35.5. The average molecular weight is 509 g/mol. The van der Waals surface area contributed by atoms with E-state index in [1.54, 1.807) is 36.4 Å². The SMILES string of the molecule is O=C(CN1C(=O)S/C(=C/c2cccc(OCc3ccccc3Cl)c2)C1=O)c1ccc([N+](=O)[O-])cc1. The number of ketones is 1. The molecule has 3 aromatic carbocycles. The first-order valence-electron chi connectivity index (χ1n) is 10.3. The molecule has 2 amide bonds. The molecule has 8 nitrogen and oxygen atoms in total. The molecule has 1 aliphatic rings. The Labute approximate surface area is 209 Å². The molecule has 0 atom stereocenters. The van der Waals surface area contributed by atoms with Gasteiger partial charge in [-0.25, -0.2) is 0 Å². The van der Waals surface area contributed by atoms with Crippen molar-refractivity contribution >= 4 is 52.1 Å². The van der Waals surface area contributed by atoms with Crippen molar-refractivity contribution in [3.05, 3.63) is 110 Å². The number of carbonyl (C=O) groups excluding carboxylic acids is 3. The Morgan fingerprint density at radius 2 is 1.80 bits per heavy atom. The van der Waals surface area contributed by atoms with Crippen LogP contribution in [0.25, 0.3) is 6.08 Å².